The van der Waals surface area contributed by atoms with Crippen LogP contribution in [0.3, 0.4) is 0 Å². The first kappa shape index (κ1) is 26.7. The summed E-state index contributed by atoms with van der Waals surface area (Å²) < 4.78 is 30.2. The average Bonchev–Trinajstić information content (AvgIpc) is 3.38. The second-order valence-corrected chi connectivity index (χ2v) is 12.1. The number of carbonyl (C=O) groups excluding carboxylic acids is 3. The number of fused-ring (bicyclic) bond motifs is 2. The summed E-state index contributed by atoms with van der Waals surface area (Å²) in [6.45, 7) is 0.594. The zero-order chi connectivity index (χ0) is 28.6. The number of aromatic amines is 1. The van der Waals surface area contributed by atoms with E-state index in [4.69, 9.17) is 0 Å². The molecule has 2 aromatic heterocycles. The number of benzene rings is 2. The van der Waals surface area contributed by atoms with Crippen molar-refractivity contribution in [3.8, 4) is 0 Å². The molecule has 3 N–H and O–H groups in total. The molecule has 1 atom stereocenters. The minimum Gasteiger partial charge on any atom is -0.351 e. The van der Waals surface area contributed by atoms with Crippen LogP contribution in [-0.2, 0) is 44.9 Å². The number of carbonyl (C=O) groups is 3. The molecule has 6 rings (SSSR count). The number of hydrogen-bond acceptors (Lipinski definition) is 5. The molecular formula is C29H29N6O5S+. The van der Waals surface area contributed by atoms with Gasteiger partial charge in [0.2, 0.25) is 27.5 Å². The first-order valence-electron chi connectivity index (χ1n) is 13.3. The Morgan fingerprint density at radius 3 is 2.54 bits per heavy atom. The fraction of sp³-hybridized carbons (Fsp3) is 0.241. The van der Waals surface area contributed by atoms with Crippen molar-refractivity contribution in [1.29, 1.82) is 0 Å². The number of imidazole rings is 1. The second-order valence-electron chi connectivity index (χ2n) is 10.2. The predicted molar refractivity (Wildman–Crippen MR) is 150 cm³/mol. The molecule has 0 bridgehead atoms. The van der Waals surface area contributed by atoms with E-state index < -0.39 is 22.1 Å². The molecule has 0 saturated carbocycles. The van der Waals surface area contributed by atoms with Crippen LogP contribution in [0.15, 0.2) is 79.1 Å². The Morgan fingerprint density at radius 1 is 1.00 bits per heavy atom. The van der Waals surface area contributed by atoms with Crippen molar-refractivity contribution < 1.29 is 27.2 Å². The van der Waals surface area contributed by atoms with Crippen molar-refractivity contribution in [2.24, 2.45) is 0 Å². The normalized spacial score (nSPS) is 17.8. The van der Waals surface area contributed by atoms with Crippen molar-refractivity contribution in [2.45, 2.75) is 37.7 Å². The van der Waals surface area contributed by atoms with Gasteiger partial charge in [0.25, 0.3) is 5.82 Å². The number of amides is 4. The summed E-state index contributed by atoms with van der Waals surface area (Å²) in [5.74, 6) is -0.278. The highest BCUT2D eigenvalue weighted by molar-refractivity contribution is 7.88. The number of pyridine rings is 1. The van der Waals surface area contributed by atoms with E-state index in [9.17, 15) is 22.8 Å². The van der Waals surface area contributed by atoms with E-state index >= 15 is 0 Å². The van der Waals surface area contributed by atoms with Gasteiger partial charge in [-0.15, -0.1) is 0 Å². The zero-order valence-corrected chi connectivity index (χ0v) is 22.9. The van der Waals surface area contributed by atoms with Crippen molar-refractivity contribution >= 4 is 39.3 Å². The molecule has 4 heterocycles. The topological polar surface area (TPSA) is 136 Å². The van der Waals surface area contributed by atoms with Gasteiger partial charge in [-0.1, -0.05) is 54.6 Å². The lowest BCUT2D eigenvalue weighted by atomic mass is 9.95. The molecule has 0 spiro atoms. The van der Waals surface area contributed by atoms with Gasteiger partial charge in [0.1, 0.15) is 12.2 Å². The highest BCUT2D eigenvalue weighted by Crippen LogP contribution is 2.28. The van der Waals surface area contributed by atoms with Crippen LogP contribution in [0.25, 0.3) is 5.65 Å². The highest BCUT2D eigenvalue weighted by atomic mass is 32.2. The first-order chi connectivity index (χ1) is 19.8. The second kappa shape index (κ2) is 10.8. The maximum absolute atomic E-state index is 13.6. The third kappa shape index (κ3) is 5.43. The van der Waals surface area contributed by atoms with Gasteiger partial charge in [-0.2, -0.15) is 4.31 Å². The predicted octanol–water partition coefficient (Wildman–Crippen LogP) is 1.77. The third-order valence-electron chi connectivity index (χ3n) is 7.47. The fourth-order valence-electron chi connectivity index (χ4n) is 5.35. The van der Waals surface area contributed by atoms with Crippen LogP contribution in [0.5, 0.6) is 0 Å². The number of nitrogens with zero attached hydrogens (tertiary/aromatic N) is 3. The molecule has 12 heteroatoms. The maximum Gasteiger partial charge on any atom is 0.386 e. The highest BCUT2D eigenvalue weighted by Gasteiger charge is 2.39. The number of anilines is 1. The molecule has 2 aromatic carbocycles. The molecule has 210 valence electrons. The standard InChI is InChI=1S/C29H28N6O5S/c36-26-11-13-34(29(38)32-26)27-17-30-25-14-21(10-12-33(25)27)16-31-28(37)24-15-22-8-4-5-9-23(22)18-35(24)41(39,40)19-20-6-2-1-3-7-20/h1-10,12,14,17,24H,11,13,15-16,18-19H2,(H2,31,32,36,37,38)/p+1/t24-/m0/s1. The monoisotopic (exact) mass is 573 g/mol. The summed E-state index contributed by atoms with van der Waals surface area (Å²) in [5.41, 5.74) is 3.99. The van der Waals surface area contributed by atoms with E-state index in [-0.39, 0.29) is 50.0 Å². The Hall–Kier alpha value is -4.55. The number of sulfonamides is 1. The van der Waals surface area contributed by atoms with Crippen molar-refractivity contribution in [1.82, 2.24) is 19.9 Å². The molecule has 0 aliphatic carbocycles. The average molecular weight is 574 g/mol. The fourth-order valence-corrected chi connectivity index (χ4v) is 7.03. The quantitative estimate of drug-likeness (QED) is 0.290. The lowest BCUT2D eigenvalue weighted by molar-refractivity contribution is -0.496. The number of urea groups is 1. The summed E-state index contributed by atoms with van der Waals surface area (Å²) in [6.07, 6.45) is 3.96. The molecule has 11 nitrogen and oxygen atoms in total. The molecule has 4 amide bonds. The molecule has 2 aliphatic heterocycles. The Balaban J connectivity index is 1.20. The molecule has 0 unspecified atom stereocenters. The minimum absolute atomic E-state index is 0.132. The summed E-state index contributed by atoms with van der Waals surface area (Å²) in [7, 11) is -3.80. The molecular weight excluding hydrogens is 544 g/mol. The number of nitrogens with one attached hydrogen (secondary N) is 3. The molecule has 41 heavy (non-hydrogen) atoms. The van der Waals surface area contributed by atoms with Gasteiger partial charge in [0.05, 0.1) is 24.9 Å². The van der Waals surface area contributed by atoms with Gasteiger partial charge >= 0.3 is 6.03 Å². The maximum atomic E-state index is 13.6. The molecule has 1 fully saturated rings. The molecule has 2 aliphatic rings. The molecule has 1 saturated heterocycles. The van der Waals surface area contributed by atoms with Gasteiger partial charge in [-0.05, 0) is 34.7 Å². The van der Waals surface area contributed by atoms with Gasteiger partial charge in [-0.3, -0.25) is 19.9 Å². The Labute approximate surface area is 236 Å². The van der Waals surface area contributed by atoms with E-state index in [2.05, 4.69) is 15.6 Å². The number of imide groups is 1. The number of aromatic nitrogens is 2. The molecule has 4 aromatic rings. The zero-order valence-electron chi connectivity index (χ0n) is 22.1. The largest absolute Gasteiger partial charge is 0.386 e. The Morgan fingerprint density at radius 2 is 1.76 bits per heavy atom. The van der Waals surface area contributed by atoms with E-state index in [1.54, 1.807) is 41.1 Å². The van der Waals surface area contributed by atoms with Gasteiger partial charge in [0.15, 0.2) is 0 Å². The lowest BCUT2D eigenvalue weighted by Crippen LogP contribution is -2.52. The molecule has 0 radical (unpaired) electrons. The van der Waals surface area contributed by atoms with Gasteiger partial charge in [-0.25, -0.2) is 22.5 Å². The van der Waals surface area contributed by atoms with Crippen LogP contribution in [0.4, 0.5) is 10.6 Å². The van der Waals surface area contributed by atoms with Crippen molar-refractivity contribution in [3.63, 3.8) is 0 Å². The van der Waals surface area contributed by atoms with Crippen molar-refractivity contribution in [3.05, 3.63) is 101 Å². The number of hydrogen-bond donors (Lipinski definition) is 3. The summed E-state index contributed by atoms with van der Waals surface area (Å²) in [4.78, 5) is 41.9. The van der Waals surface area contributed by atoms with E-state index in [0.29, 0.717) is 17.0 Å². The Kier molecular flexibility index (Phi) is 7.01. The van der Waals surface area contributed by atoms with E-state index in [1.807, 2.05) is 42.5 Å². The first-order valence-corrected chi connectivity index (χ1v) is 14.9. The summed E-state index contributed by atoms with van der Waals surface area (Å²) in [5, 5.41) is 5.25. The number of H-pyrrole nitrogens is 1. The summed E-state index contributed by atoms with van der Waals surface area (Å²) in [6, 6.07) is 18.9. The van der Waals surface area contributed by atoms with Crippen LogP contribution in [0, 0.1) is 0 Å². The van der Waals surface area contributed by atoms with Crippen LogP contribution in [-0.4, -0.2) is 48.1 Å². The van der Waals surface area contributed by atoms with Gasteiger partial charge < -0.3 is 5.32 Å². The lowest BCUT2D eigenvalue weighted by Gasteiger charge is -2.35. The van der Waals surface area contributed by atoms with Crippen LogP contribution in [0.1, 0.15) is 28.7 Å². The van der Waals surface area contributed by atoms with Crippen LogP contribution in [0.2, 0.25) is 0 Å². The minimum atomic E-state index is -3.80. The van der Waals surface area contributed by atoms with Crippen molar-refractivity contribution in [2.75, 3.05) is 11.4 Å². The van der Waals surface area contributed by atoms with Crippen LogP contribution < -0.4 is 19.9 Å². The smallest absolute Gasteiger partial charge is 0.351 e. The van der Waals surface area contributed by atoms with E-state index in [1.165, 1.54) is 9.21 Å². The summed E-state index contributed by atoms with van der Waals surface area (Å²) >= 11 is 0. The SMILES string of the molecule is O=C1CCN(c2c[nH]c3cc(CNC(=O)[C@@H]4Cc5ccccc5CN4S(=O)(=O)Cc4ccccc4)cc[n+]23)C(=O)N1. The Bertz CT molecular complexity index is 1750. The third-order valence-corrected chi connectivity index (χ3v) is 9.27. The van der Waals surface area contributed by atoms with Crippen LogP contribution >= 0.6 is 0 Å². The number of rotatable bonds is 7. The van der Waals surface area contributed by atoms with E-state index in [0.717, 1.165) is 16.7 Å². The van der Waals surface area contributed by atoms with Gasteiger partial charge in [0, 0.05) is 19.2 Å².